The number of aromatic amines is 1. The van der Waals surface area contributed by atoms with E-state index in [1.54, 1.807) is 0 Å². The maximum atomic E-state index is 13.9. The monoisotopic (exact) mass is 312 g/mol. The molecule has 0 bridgehead atoms. The minimum atomic E-state index is -3.86. The molecule has 1 aromatic carbocycles. The number of nitrogens with zero attached hydrogens (tertiary/aromatic N) is 1. The van der Waals surface area contributed by atoms with Crippen LogP contribution in [-0.4, -0.2) is 25.2 Å². The Labute approximate surface area is 122 Å². The van der Waals surface area contributed by atoms with Crippen LogP contribution in [0.4, 0.5) is 10.1 Å². The van der Waals surface area contributed by atoms with E-state index in [0.717, 1.165) is 0 Å². The third kappa shape index (κ3) is 3.59. The standard InChI is InChI=1S/C13H17FN4O2S/c1-3-15-6-10-4-12(14)9(2)13(5-10)21(19,20)18-11-7-16-17-8-11/h4-5,7-8,15,18H,3,6H2,1-2H3,(H,16,17). The van der Waals surface area contributed by atoms with Crippen LogP contribution in [-0.2, 0) is 16.6 Å². The van der Waals surface area contributed by atoms with E-state index in [1.165, 1.54) is 31.5 Å². The second-order valence-corrected chi connectivity index (χ2v) is 6.22. The van der Waals surface area contributed by atoms with Crippen LogP contribution in [0, 0.1) is 12.7 Å². The van der Waals surface area contributed by atoms with Crippen LogP contribution < -0.4 is 10.0 Å². The summed E-state index contributed by atoms with van der Waals surface area (Å²) >= 11 is 0. The zero-order valence-electron chi connectivity index (χ0n) is 11.8. The minimum absolute atomic E-state index is 0.0726. The summed E-state index contributed by atoms with van der Waals surface area (Å²) in [6.45, 7) is 4.48. The van der Waals surface area contributed by atoms with Crippen molar-refractivity contribution in [3.63, 3.8) is 0 Å². The number of hydrogen-bond acceptors (Lipinski definition) is 4. The van der Waals surface area contributed by atoms with Gasteiger partial charge in [-0.3, -0.25) is 9.82 Å². The fourth-order valence-corrected chi connectivity index (χ4v) is 3.21. The molecule has 21 heavy (non-hydrogen) atoms. The molecule has 0 amide bonds. The summed E-state index contributed by atoms with van der Waals surface area (Å²) in [6, 6.07) is 2.82. The Balaban J connectivity index is 2.39. The number of benzene rings is 1. The summed E-state index contributed by atoms with van der Waals surface area (Å²) in [4.78, 5) is -0.0726. The molecule has 8 heteroatoms. The van der Waals surface area contributed by atoms with Crippen LogP contribution in [0.2, 0.25) is 0 Å². The molecule has 0 aliphatic carbocycles. The van der Waals surface area contributed by atoms with E-state index >= 15 is 0 Å². The van der Waals surface area contributed by atoms with Crippen molar-refractivity contribution in [3.8, 4) is 0 Å². The molecule has 0 fully saturated rings. The van der Waals surface area contributed by atoms with E-state index in [4.69, 9.17) is 0 Å². The molecule has 0 saturated carbocycles. The predicted molar refractivity (Wildman–Crippen MR) is 77.9 cm³/mol. The smallest absolute Gasteiger partial charge is 0.262 e. The van der Waals surface area contributed by atoms with E-state index in [0.29, 0.717) is 24.3 Å². The highest BCUT2D eigenvalue weighted by molar-refractivity contribution is 7.92. The molecule has 1 aromatic heterocycles. The van der Waals surface area contributed by atoms with Gasteiger partial charge in [-0.2, -0.15) is 5.10 Å². The van der Waals surface area contributed by atoms with Crippen molar-refractivity contribution in [2.24, 2.45) is 0 Å². The van der Waals surface area contributed by atoms with Gasteiger partial charge in [-0.25, -0.2) is 12.8 Å². The summed E-state index contributed by atoms with van der Waals surface area (Å²) < 4.78 is 41.0. The number of anilines is 1. The number of H-pyrrole nitrogens is 1. The van der Waals surface area contributed by atoms with E-state index < -0.39 is 15.8 Å². The zero-order valence-corrected chi connectivity index (χ0v) is 12.6. The Kier molecular flexibility index (Phi) is 4.59. The van der Waals surface area contributed by atoms with Crippen LogP contribution >= 0.6 is 0 Å². The van der Waals surface area contributed by atoms with Gasteiger partial charge in [-0.15, -0.1) is 0 Å². The Hall–Kier alpha value is -1.93. The Bertz CT molecular complexity index is 714. The van der Waals surface area contributed by atoms with Gasteiger partial charge in [0.2, 0.25) is 0 Å². The van der Waals surface area contributed by atoms with Crippen LogP contribution in [0.3, 0.4) is 0 Å². The highest BCUT2D eigenvalue weighted by Gasteiger charge is 2.20. The third-order valence-corrected chi connectivity index (χ3v) is 4.48. The number of rotatable bonds is 6. The Morgan fingerprint density at radius 3 is 2.76 bits per heavy atom. The van der Waals surface area contributed by atoms with Gasteiger partial charge in [0.1, 0.15) is 5.82 Å². The van der Waals surface area contributed by atoms with E-state index in [9.17, 15) is 12.8 Å². The molecular weight excluding hydrogens is 295 g/mol. The Morgan fingerprint density at radius 2 is 2.14 bits per heavy atom. The lowest BCUT2D eigenvalue weighted by molar-refractivity contribution is 0.587. The van der Waals surface area contributed by atoms with Crippen LogP contribution in [0.1, 0.15) is 18.1 Å². The maximum absolute atomic E-state index is 13.9. The lowest BCUT2D eigenvalue weighted by atomic mass is 10.1. The average Bonchev–Trinajstić information content (AvgIpc) is 2.91. The molecule has 0 radical (unpaired) electrons. The second-order valence-electron chi connectivity index (χ2n) is 4.57. The van der Waals surface area contributed by atoms with Gasteiger partial charge in [0.05, 0.1) is 16.8 Å². The number of aromatic nitrogens is 2. The van der Waals surface area contributed by atoms with Crippen molar-refractivity contribution in [1.82, 2.24) is 15.5 Å². The molecule has 0 atom stereocenters. The molecule has 2 rings (SSSR count). The molecule has 0 spiro atoms. The van der Waals surface area contributed by atoms with Gasteiger partial charge in [-0.1, -0.05) is 6.92 Å². The predicted octanol–water partition coefficient (Wildman–Crippen LogP) is 1.77. The Morgan fingerprint density at radius 1 is 1.38 bits per heavy atom. The summed E-state index contributed by atoms with van der Waals surface area (Å²) in [5.74, 6) is -0.544. The van der Waals surface area contributed by atoms with Gasteiger partial charge < -0.3 is 5.32 Å². The zero-order chi connectivity index (χ0) is 15.5. The lowest BCUT2D eigenvalue weighted by Crippen LogP contribution is -2.17. The SMILES string of the molecule is CCNCc1cc(F)c(C)c(S(=O)(=O)Nc2cn[nH]c2)c1. The molecule has 3 N–H and O–H groups in total. The molecule has 0 unspecified atom stereocenters. The van der Waals surface area contributed by atoms with E-state index in [1.807, 2.05) is 6.92 Å². The average molecular weight is 312 g/mol. The van der Waals surface area contributed by atoms with Crippen LogP contribution in [0.5, 0.6) is 0 Å². The molecule has 2 aromatic rings. The fraction of sp³-hybridized carbons (Fsp3) is 0.308. The van der Waals surface area contributed by atoms with Crippen LogP contribution in [0.15, 0.2) is 29.4 Å². The first-order valence-corrected chi connectivity index (χ1v) is 7.93. The minimum Gasteiger partial charge on any atom is -0.313 e. The lowest BCUT2D eigenvalue weighted by Gasteiger charge is -2.12. The van der Waals surface area contributed by atoms with Gasteiger partial charge in [0, 0.05) is 18.3 Å². The molecular formula is C13H17FN4O2S. The quantitative estimate of drug-likeness (QED) is 0.758. The van der Waals surface area contributed by atoms with Gasteiger partial charge in [0.15, 0.2) is 0 Å². The number of nitrogens with one attached hydrogen (secondary N) is 3. The van der Waals surface area contributed by atoms with Crippen molar-refractivity contribution in [3.05, 3.63) is 41.5 Å². The first kappa shape index (κ1) is 15.5. The molecule has 0 saturated heterocycles. The highest BCUT2D eigenvalue weighted by atomic mass is 32.2. The number of halogens is 1. The van der Waals surface area contributed by atoms with Gasteiger partial charge >= 0.3 is 0 Å². The van der Waals surface area contributed by atoms with Crippen LogP contribution in [0.25, 0.3) is 0 Å². The van der Waals surface area contributed by atoms with Gasteiger partial charge in [0.25, 0.3) is 10.0 Å². The summed E-state index contributed by atoms with van der Waals surface area (Å²) in [5, 5.41) is 9.21. The van der Waals surface area contributed by atoms with Crippen molar-refractivity contribution >= 4 is 15.7 Å². The van der Waals surface area contributed by atoms with E-state index in [2.05, 4.69) is 20.2 Å². The first-order chi connectivity index (χ1) is 9.94. The molecule has 1 heterocycles. The van der Waals surface area contributed by atoms with E-state index in [-0.39, 0.29) is 10.5 Å². The largest absolute Gasteiger partial charge is 0.313 e. The summed E-state index contributed by atoms with van der Waals surface area (Å²) in [5.41, 5.74) is 0.964. The number of sulfonamides is 1. The first-order valence-electron chi connectivity index (χ1n) is 6.45. The number of hydrogen-bond donors (Lipinski definition) is 3. The molecule has 6 nitrogen and oxygen atoms in total. The molecule has 0 aliphatic rings. The summed E-state index contributed by atoms with van der Waals surface area (Å²) in [7, 11) is -3.86. The molecule has 114 valence electrons. The van der Waals surface area contributed by atoms with Crippen molar-refractivity contribution in [2.75, 3.05) is 11.3 Å². The molecule has 0 aliphatic heterocycles. The fourth-order valence-electron chi connectivity index (χ4n) is 1.87. The third-order valence-electron chi connectivity index (χ3n) is 2.98. The summed E-state index contributed by atoms with van der Waals surface area (Å²) in [6.07, 6.45) is 2.75. The topological polar surface area (TPSA) is 86.9 Å². The van der Waals surface area contributed by atoms with Crippen molar-refractivity contribution in [2.45, 2.75) is 25.3 Å². The highest BCUT2D eigenvalue weighted by Crippen LogP contribution is 2.23. The second kappa shape index (κ2) is 6.23. The van der Waals surface area contributed by atoms with Gasteiger partial charge in [-0.05, 0) is 31.2 Å². The van der Waals surface area contributed by atoms with Crippen molar-refractivity contribution < 1.29 is 12.8 Å². The normalized spacial score (nSPS) is 11.6. The van der Waals surface area contributed by atoms with Crippen molar-refractivity contribution in [1.29, 1.82) is 0 Å². The maximum Gasteiger partial charge on any atom is 0.262 e.